The highest BCUT2D eigenvalue weighted by Gasteiger charge is 2.47. The zero-order valence-electron chi connectivity index (χ0n) is 12.1. The molecule has 0 spiro atoms. The first kappa shape index (κ1) is 14.1. The maximum Gasteiger partial charge on any atom is 0.268 e. The summed E-state index contributed by atoms with van der Waals surface area (Å²) in [5.74, 6) is 0.397. The Hall–Kier alpha value is -1.82. The summed E-state index contributed by atoms with van der Waals surface area (Å²) in [4.78, 5) is 23.6. The SMILES string of the molecule is Cn1cc(C(N)=O)cc1C(=O)NC1C2CCC(C2)C1CO. The van der Waals surface area contributed by atoms with Crippen molar-refractivity contribution in [1.82, 2.24) is 9.88 Å². The van der Waals surface area contributed by atoms with Crippen LogP contribution in [-0.2, 0) is 7.05 Å². The van der Waals surface area contributed by atoms with Gasteiger partial charge < -0.3 is 20.7 Å². The zero-order valence-corrected chi connectivity index (χ0v) is 12.1. The molecule has 6 nitrogen and oxygen atoms in total. The average molecular weight is 291 g/mol. The van der Waals surface area contributed by atoms with Gasteiger partial charge in [0.1, 0.15) is 5.69 Å². The molecule has 21 heavy (non-hydrogen) atoms. The molecular weight excluding hydrogens is 270 g/mol. The van der Waals surface area contributed by atoms with E-state index >= 15 is 0 Å². The van der Waals surface area contributed by atoms with Crippen molar-refractivity contribution in [2.24, 2.45) is 30.5 Å². The molecule has 0 aliphatic heterocycles. The van der Waals surface area contributed by atoms with E-state index in [0.29, 0.717) is 23.1 Å². The van der Waals surface area contributed by atoms with Crippen LogP contribution in [0, 0.1) is 17.8 Å². The molecule has 2 aliphatic carbocycles. The van der Waals surface area contributed by atoms with Crippen LogP contribution >= 0.6 is 0 Å². The third-order valence-electron chi connectivity index (χ3n) is 5.12. The maximum absolute atomic E-state index is 12.4. The molecule has 0 aromatic carbocycles. The summed E-state index contributed by atoms with van der Waals surface area (Å²) in [6.07, 6.45) is 4.92. The number of carbonyl (C=O) groups excluding carboxylic acids is 2. The monoisotopic (exact) mass is 291 g/mol. The van der Waals surface area contributed by atoms with Crippen molar-refractivity contribution in [3.63, 3.8) is 0 Å². The standard InChI is InChI=1S/C15H21N3O3/c1-18-6-10(14(16)20)5-12(18)15(21)17-13-9-3-2-8(4-9)11(13)7-19/h5-6,8-9,11,13,19H,2-4,7H2,1H3,(H2,16,20)(H,17,21). The van der Waals surface area contributed by atoms with E-state index in [0.717, 1.165) is 19.3 Å². The second kappa shape index (κ2) is 5.18. The van der Waals surface area contributed by atoms with Crippen LogP contribution in [0.3, 0.4) is 0 Å². The van der Waals surface area contributed by atoms with Gasteiger partial charge in [-0.1, -0.05) is 0 Å². The predicted molar refractivity (Wildman–Crippen MR) is 76.6 cm³/mol. The van der Waals surface area contributed by atoms with Gasteiger partial charge in [0.15, 0.2) is 0 Å². The van der Waals surface area contributed by atoms with Crippen molar-refractivity contribution in [2.75, 3.05) is 6.61 Å². The number of rotatable bonds is 4. The lowest BCUT2D eigenvalue weighted by atomic mass is 9.85. The van der Waals surface area contributed by atoms with Gasteiger partial charge in [-0.25, -0.2) is 0 Å². The summed E-state index contributed by atoms with van der Waals surface area (Å²) in [5.41, 5.74) is 5.98. The van der Waals surface area contributed by atoms with E-state index in [2.05, 4.69) is 5.32 Å². The van der Waals surface area contributed by atoms with Crippen LogP contribution in [0.15, 0.2) is 12.3 Å². The Morgan fingerprint density at radius 1 is 1.43 bits per heavy atom. The minimum absolute atomic E-state index is 0.0354. The number of nitrogens with one attached hydrogen (secondary N) is 1. The lowest BCUT2D eigenvalue weighted by molar-refractivity contribution is 0.0853. The third kappa shape index (κ3) is 2.33. The molecule has 2 bridgehead atoms. The molecule has 1 aromatic heterocycles. The fourth-order valence-corrected chi connectivity index (χ4v) is 4.05. The van der Waals surface area contributed by atoms with E-state index in [-0.39, 0.29) is 24.5 Å². The molecule has 0 radical (unpaired) electrons. The summed E-state index contributed by atoms with van der Waals surface area (Å²) >= 11 is 0. The van der Waals surface area contributed by atoms with Crippen LogP contribution < -0.4 is 11.1 Å². The Labute approximate surface area is 123 Å². The fourth-order valence-electron chi connectivity index (χ4n) is 4.05. The van der Waals surface area contributed by atoms with Crippen molar-refractivity contribution in [3.05, 3.63) is 23.5 Å². The second-order valence-electron chi connectivity index (χ2n) is 6.27. The van der Waals surface area contributed by atoms with Crippen LogP contribution in [0.2, 0.25) is 0 Å². The summed E-state index contributed by atoms with van der Waals surface area (Å²) in [6, 6.07) is 1.55. The molecule has 2 aliphatic rings. The van der Waals surface area contributed by atoms with Gasteiger partial charge in [0, 0.05) is 31.8 Å². The number of aromatic nitrogens is 1. The maximum atomic E-state index is 12.4. The minimum Gasteiger partial charge on any atom is -0.396 e. The molecule has 2 fully saturated rings. The molecular formula is C15H21N3O3. The number of fused-ring (bicyclic) bond motifs is 2. The molecule has 4 unspecified atom stereocenters. The Morgan fingerprint density at radius 3 is 2.76 bits per heavy atom. The number of aryl methyl sites for hydroxylation is 1. The number of amides is 2. The summed E-state index contributed by atoms with van der Waals surface area (Å²) in [7, 11) is 1.71. The number of nitrogens with two attached hydrogens (primary N) is 1. The molecule has 1 heterocycles. The number of carbonyl (C=O) groups is 2. The van der Waals surface area contributed by atoms with Gasteiger partial charge in [0.2, 0.25) is 5.91 Å². The number of aliphatic hydroxyl groups excluding tert-OH is 1. The zero-order chi connectivity index (χ0) is 15.1. The highest BCUT2D eigenvalue weighted by molar-refractivity contribution is 5.98. The predicted octanol–water partition coefficient (Wildman–Crippen LogP) is 0.261. The highest BCUT2D eigenvalue weighted by atomic mass is 16.3. The molecule has 4 N–H and O–H groups in total. The summed E-state index contributed by atoms with van der Waals surface area (Å²) in [6.45, 7) is 0.117. The molecule has 2 saturated carbocycles. The topological polar surface area (TPSA) is 97.4 Å². The first-order valence-corrected chi connectivity index (χ1v) is 7.39. The van der Waals surface area contributed by atoms with Crippen molar-refractivity contribution in [2.45, 2.75) is 25.3 Å². The van der Waals surface area contributed by atoms with Gasteiger partial charge in [-0.2, -0.15) is 0 Å². The van der Waals surface area contributed by atoms with Crippen molar-refractivity contribution in [1.29, 1.82) is 0 Å². The molecule has 2 amide bonds. The number of aliphatic hydroxyl groups is 1. The second-order valence-corrected chi connectivity index (χ2v) is 6.27. The number of primary amides is 1. The molecule has 3 rings (SSSR count). The van der Waals surface area contributed by atoms with Gasteiger partial charge in [-0.05, 0) is 37.2 Å². The summed E-state index contributed by atoms with van der Waals surface area (Å²) < 4.78 is 1.61. The molecule has 1 aromatic rings. The van der Waals surface area contributed by atoms with Gasteiger partial charge in [0.05, 0.1) is 5.56 Å². The van der Waals surface area contributed by atoms with Gasteiger partial charge in [0.25, 0.3) is 5.91 Å². The van der Waals surface area contributed by atoms with Crippen LogP contribution in [-0.4, -0.2) is 34.1 Å². The largest absolute Gasteiger partial charge is 0.396 e. The Balaban J connectivity index is 1.76. The molecule has 4 atom stereocenters. The first-order chi connectivity index (χ1) is 10.0. The van der Waals surface area contributed by atoms with Crippen LogP contribution in [0.5, 0.6) is 0 Å². The van der Waals surface area contributed by atoms with Gasteiger partial charge >= 0.3 is 0 Å². The summed E-state index contributed by atoms with van der Waals surface area (Å²) in [5, 5.41) is 12.6. The molecule has 0 saturated heterocycles. The van der Waals surface area contributed by atoms with Crippen LogP contribution in [0.25, 0.3) is 0 Å². The van der Waals surface area contributed by atoms with Crippen molar-refractivity contribution in [3.8, 4) is 0 Å². The van der Waals surface area contributed by atoms with E-state index in [1.165, 1.54) is 6.07 Å². The van der Waals surface area contributed by atoms with E-state index in [1.54, 1.807) is 17.8 Å². The van der Waals surface area contributed by atoms with E-state index < -0.39 is 5.91 Å². The van der Waals surface area contributed by atoms with Crippen molar-refractivity contribution >= 4 is 11.8 Å². The molecule has 6 heteroatoms. The number of hydrogen-bond acceptors (Lipinski definition) is 3. The van der Waals surface area contributed by atoms with Gasteiger partial charge in [-0.3, -0.25) is 9.59 Å². The lowest BCUT2D eigenvalue weighted by Crippen LogP contribution is -2.45. The first-order valence-electron chi connectivity index (χ1n) is 7.39. The third-order valence-corrected chi connectivity index (χ3v) is 5.12. The van der Waals surface area contributed by atoms with Crippen molar-refractivity contribution < 1.29 is 14.7 Å². The average Bonchev–Trinajstić information content (AvgIpc) is 3.12. The fraction of sp³-hybridized carbons (Fsp3) is 0.600. The van der Waals surface area contributed by atoms with Crippen LogP contribution in [0.1, 0.15) is 40.1 Å². The smallest absolute Gasteiger partial charge is 0.268 e. The van der Waals surface area contributed by atoms with Crippen LogP contribution in [0.4, 0.5) is 0 Å². The number of hydrogen-bond donors (Lipinski definition) is 3. The van der Waals surface area contributed by atoms with E-state index in [9.17, 15) is 14.7 Å². The quantitative estimate of drug-likeness (QED) is 0.742. The molecule has 114 valence electrons. The Bertz CT molecular complexity index is 581. The minimum atomic E-state index is -0.544. The Kier molecular flexibility index (Phi) is 3.49. The Morgan fingerprint density at radius 2 is 2.14 bits per heavy atom. The lowest BCUT2D eigenvalue weighted by Gasteiger charge is -2.30. The normalized spacial score (nSPS) is 30.6. The van der Waals surface area contributed by atoms with E-state index in [1.807, 2.05) is 0 Å². The highest BCUT2D eigenvalue weighted by Crippen LogP contribution is 2.48. The number of nitrogens with zero attached hydrogens (tertiary/aromatic N) is 1. The van der Waals surface area contributed by atoms with Gasteiger partial charge in [-0.15, -0.1) is 0 Å². The van der Waals surface area contributed by atoms with E-state index in [4.69, 9.17) is 5.73 Å².